The molecular weight excluding hydrogens is 134 g/mol. The number of aromatic nitrogens is 1. The number of fused-ring (bicyclic) bond motifs is 1. The van der Waals surface area contributed by atoms with E-state index in [2.05, 4.69) is 42.4 Å². The first-order chi connectivity index (χ1) is 5.38. The molecule has 0 amide bonds. The van der Waals surface area contributed by atoms with Crippen LogP contribution in [-0.4, -0.2) is 4.98 Å². The number of aromatic amines is 1. The molecule has 0 saturated carbocycles. The maximum Gasteiger partial charge on any atom is 0.0418 e. The van der Waals surface area contributed by atoms with Crippen molar-refractivity contribution in [3.63, 3.8) is 0 Å². The summed E-state index contributed by atoms with van der Waals surface area (Å²) in [6.07, 6.45) is 11.6. The molecule has 1 nitrogen and oxygen atoms in total. The monoisotopic (exact) mass is 145 g/mol. The Kier molecular flexibility index (Phi) is 1.42. The standard InChI is InChI=1S/C10H11N/c1-8-7-11-10-6-4-2-3-5-9(8)10/h2-4,6-7,11H,5H2,1H3. The number of hydrogen-bond acceptors (Lipinski definition) is 0. The summed E-state index contributed by atoms with van der Waals surface area (Å²) in [7, 11) is 0. The van der Waals surface area contributed by atoms with Gasteiger partial charge in [0.1, 0.15) is 0 Å². The summed E-state index contributed by atoms with van der Waals surface area (Å²) in [6.45, 7) is 2.14. The Morgan fingerprint density at radius 1 is 1.36 bits per heavy atom. The molecule has 0 saturated heterocycles. The van der Waals surface area contributed by atoms with Crippen LogP contribution in [0.1, 0.15) is 16.8 Å². The Labute approximate surface area is 66.4 Å². The number of rotatable bonds is 0. The molecular formula is C10H11N. The second kappa shape index (κ2) is 2.42. The van der Waals surface area contributed by atoms with Crippen LogP contribution in [0.2, 0.25) is 0 Å². The van der Waals surface area contributed by atoms with Gasteiger partial charge in [-0.1, -0.05) is 18.2 Å². The molecule has 0 bridgehead atoms. The van der Waals surface area contributed by atoms with Crippen molar-refractivity contribution in [3.05, 3.63) is 41.2 Å². The van der Waals surface area contributed by atoms with Gasteiger partial charge in [-0.15, -0.1) is 0 Å². The number of H-pyrrole nitrogens is 1. The predicted octanol–water partition coefficient (Wildman–Crippen LogP) is 2.45. The van der Waals surface area contributed by atoms with Gasteiger partial charge in [-0.3, -0.25) is 0 Å². The highest BCUT2D eigenvalue weighted by Gasteiger charge is 2.04. The van der Waals surface area contributed by atoms with Crippen molar-refractivity contribution < 1.29 is 0 Å². The molecule has 1 heterocycles. The van der Waals surface area contributed by atoms with E-state index in [1.165, 1.54) is 16.8 Å². The van der Waals surface area contributed by atoms with Gasteiger partial charge in [0.2, 0.25) is 0 Å². The zero-order valence-corrected chi connectivity index (χ0v) is 6.59. The molecule has 0 aromatic carbocycles. The van der Waals surface area contributed by atoms with Gasteiger partial charge in [0.15, 0.2) is 0 Å². The maximum absolute atomic E-state index is 3.24. The van der Waals surface area contributed by atoms with Gasteiger partial charge in [-0.05, 0) is 30.5 Å². The summed E-state index contributed by atoms with van der Waals surface area (Å²) >= 11 is 0. The van der Waals surface area contributed by atoms with Crippen LogP contribution in [0.4, 0.5) is 0 Å². The minimum atomic E-state index is 1.05. The molecule has 0 atom stereocenters. The van der Waals surface area contributed by atoms with E-state index in [-0.39, 0.29) is 0 Å². The molecule has 0 spiro atoms. The van der Waals surface area contributed by atoms with Crippen molar-refractivity contribution >= 4 is 6.08 Å². The van der Waals surface area contributed by atoms with E-state index in [9.17, 15) is 0 Å². The Morgan fingerprint density at radius 3 is 3.18 bits per heavy atom. The van der Waals surface area contributed by atoms with Crippen LogP contribution in [0.3, 0.4) is 0 Å². The Balaban J connectivity index is 2.55. The lowest BCUT2D eigenvalue weighted by Gasteiger charge is -1.94. The van der Waals surface area contributed by atoms with Crippen molar-refractivity contribution in [3.8, 4) is 0 Å². The first-order valence-corrected chi connectivity index (χ1v) is 3.88. The maximum atomic E-state index is 3.24. The molecule has 1 aliphatic rings. The van der Waals surface area contributed by atoms with Gasteiger partial charge in [0.25, 0.3) is 0 Å². The molecule has 0 aliphatic heterocycles. The molecule has 1 aromatic heterocycles. The van der Waals surface area contributed by atoms with E-state index >= 15 is 0 Å². The molecule has 11 heavy (non-hydrogen) atoms. The summed E-state index contributed by atoms with van der Waals surface area (Å²) in [5.74, 6) is 0. The van der Waals surface area contributed by atoms with E-state index in [1.807, 2.05) is 0 Å². The van der Waals surface area contributed by atoms with Crippen molar-refractivity contribution in [2.45, 2.75) is 13.3 Å². The van der Waals surface area contributed by atoms with Gasteiger partial charge in [0, 0.05) is 11.9 Å². The quantitative estimate of drug-likeness (QED) is 0.577. The largest absolute Gasteiger partial charge is 0.361 e. The van der Waals surface area contributed by atoms with Gasteiger partial charge >= 0.3 is 0 Å². The third kappa shape index (κ3) is 1.03. The fourth-order valence-electron chi connectivity index (χ4n) is 1.41. The Hall–Kier alpha value is -1.24. The van der Waals surface area contributed by atoms with Crippen LogP contribution < -0.4 is 0 Å². The molecule has 0 radical (unpaired) electrons. The first kappa shape index (κ1) is 6.47. The zero-order chi connectivity index (χ0) is 7.68. The van der Waals surface area contributed by atoms with Gasteiger partial charge in [0.05, 0.1) is 0 Å². The van der Waals surface area contributed by atoms with Crippen molar-refractivity contribution in [1.82, 2.24) is 4.98 Å². The predicted molar refractivity (Wildman–Crippen MR) is 47.4 cm³/mol. The lowest BCUT2D eigenvalue weighted by molar-refractivity contribution is 1.23. The Morgan fingerprint density at radius 2 is 2.27 bits per heavy atom. The minimum absolute atomic E-state index is 1.05. The van der Waals surface area contributed by atoms with Crippen LogP contribution in [0.25, 0.3) is 6.08 Å². The molecule has 0 fully saturated rings. The third-order valence-electron chi connectivity index (χ3n) is 2.08. The minimum Gasteiger partial charge on any atom is -0.361 e. The van der Waals surface area contributed by atoms with E-state index in [1.54, 1.807) is 0 Å². The van der Waals surface area contributed by atoms with Crippen molar-refractivity contribution in [2.24, 2.45) is 0 Å². The zero-order valence-electron chi connectivity index (χ0n) is 6.59. The molecule has 56 valence electrons. The van der Waals surface area contributed by atoms with Crippen molar-refractivity contribution in [2.75, 3.05) is 0 Å². The number of nitrogens with one attached hydrogen (secondary N) is 1. The highest BCUT2D eigenvalue weighted by molar-refractivity contribution is 5.56. The summed E-state index contributed by atoms with van der Waals surface area (Å²) < 4.78 is 0. The van der Waals surface area contributed by atoms with Crippen LogP contribution in [0, 0.1) is 6.92 Å². The lowest BCUT2D eigenvalue weighted by atomic mass is 10.1. The van der Waals surface area contributed by atoms with E-state index in [0.29, 0.717) is 0 Å². The van der Waals surface area contributed by atoms with Crippen LogP contribution in [-0.2, 0) is 6.42 Å². The number of aryl methyl sites for hydroxylation is 1. The van der Waals surface area contributed by atoms with Gasteiger partial charge in [-0.25, -0.2) is 0 Å². The number of allylic oxidation sites excluding steroid dienone is 3. The Bertz CT molecular complexity index is 316. The summed E-state index contributed by atoms with van der Waals surface area (Å²) in [5, 5.41) is 0. The number of hydrogen-bond donors (Lipinski definition) is 1. The molecule has 1 aromatic rings. The third-order valence-corrected chi connectivity index (χ3v) is 2.08. The molecule has 2 rings (SSSR count). The van der Waals surface area contributed by atoms with Gasteiger partial charge in [-0.2, -0.15) is 0 Å². The fraction of sp³-hybridized carbons (Fsp3) is 0.200. The van der Waals surface area contributed by atoms with Crippen LogP contribution >= 0.6 is 0 Å². The fourth-order valence-corrected chi connectivity index (χ4v) is 1.41. The smallest absolute Gasteiger partial charge is 0.0418 e. The first-order valence-electron chi connectivity index (χ1n) is 3.88. The summed E-state index contributed by atoms with van der Waals surface area (Å²) in [5.41, 5.74) is 4.04. The topological polar surface area (TPSA) is 15.8 Å². The van der Waals surface area contributed by atoms with Crippen LogP contribution in [0.15, 0.2) is 24.4 Å². The van der Waals surface area contributed by atoms with E-state index in [0.717, 1.165) is 6.42 Å². The molecule has 1 aliphatic carbocycles. The van der Waals surface area contributed by atoms with Gasteiger partial charge < -0.3 is 4.98 Å². The normalized spacial score (nSPS) is 14.6. The second-order valence-electron chi connectivity index (χ2n) is 2.86. The second-order valence-corrected chi connectivity index (χ2v) is 2.86. The highest BCUT2D eigenvalue weighted by Crippen LogP contribution is 2.17. The SMILES string of the molecule is Cc1c[nH]c2c1CC=CC=C2. The lowest BCUT2D eigenvalue weighted by Crippen LogP contribution is -1.82. The average Bonchev–Trinajstić information content (AvgIpc) is 2.25. The highest BCUT2D eigenvalue weighted by atomic mass is 14.7. The summed E-state index contributed by atoms with van der Waals surface area (Å²) in [4.78, 5) is 3.24. The summed E-state index contributed by atoms with van der Waals surface area (Å²) in [6, 6.07) is 0. The van der Waals surface area contributed by atoms with Crippen molar-refractivity contribution in [1.29, 1.82) is 0 Å². The van der Waals surface area contributed by atoms with E-state index in [4.69, 9.17) is 0 Å². The van der Waals surface area contributed by atoms with Crippen LogP contribution in [0.5, 0.6) is 0 Å². The molecule has 1 N–H and O–H groups in total. The molecule has 0 unspecified atom stereocenters. The van der Waals surface area contributed by atoms with E-state index < -0.39 is 0 Å². The molecule has 1 heteroatoms. The average molecular weight is 145 g/mol.